The molecule has 0 saturated carbocycles. The van der Waals surface area contributed by atoms with Crippen molar-refractivity contribution >= 4 is 23.1 Å². The van der Waals surface area contributed by atoms with Crippen LogP contribution < -0.4 is 4.90 Å². The molecule has 1 atom stereocenters. The molecule has 1 saturated heterocycles. The number of hydrogen-bond acceptors (Lipinski definition) is 5. The van der Waals surface area contributed by atoms with Crippen molar-refractivity contribution in [1.82, 2.24) is 0 Å². The molecule has 2 aromatic carbocycles. The average molecular weight is 384 g/mol. The van der Waals surface area contributed by atoms with Crippen LogP contribution >= 0.6 is 0 Å². The van der Waals surface area contributed by atoms with E-state index in [1.807, 2.05) is 25.1 Å². The van der Waals surface area contributed by atoms with Gasteiger partial charge in [0.05, 0.1) is 23.5 Å². The summed E-state index contributed by atoms with van der Waals surface area (Å²) in [4.78, 5) is 27.1. The predicted molar refractivity (Wildman–Crippen MR) is 106 cm³/mol. The molecule has 0 spiro atoms. The Balaban J connectivity index is 1.90. The van der Waals surface area contributed by atoms with E-state index in [1.165, 1.54) is 11.2 Å². The molecule has 1 amide bonds. The molecule has 142 valence electrons. The Morgan fingerprint density at radius 3 is 2.34 bits per heavy atom. The smallest absolute Gasteiger partial charge is 0.300 e. The van der Waals surface area contributed by atoms with Gasteiger partial charge in [-0.3, -0.25) is 14.5 Å². The van der Waals surface area contributed by atoms with Crippen LogP contribution in [0.1, 0.15) is 28.5 Å². The van der Waals surface area contributed by atoms with E-state index in [2.05, 4.69) is 0 Å². The summed E-state index contributed by atoms with van der Waals surface area (Å²) in [5, 5.41) is 19.9. The molecule has 0 radical (unpaired) electrons. The number of aliphatic hydroxyl groups is 1. The van der Waals surface area contributed by atoms with Gasteiger partial charge in [0, 0.05) is 11.3 Å². The van der Waals surface area contributed by atoms with Gasteiger partial charge in [0.2, 0.25) is 0 Å². The highest BCUT2D eigenvalue weighted by atomic mass is 16.3. The second-order valence-electron chi connectivity index (χ2n) is 6.71. The third-order valence-corrected chi connectivity index (χ3v) is 4.86. The maximum Gasteiger partial charge on any atom is 0.300 e. The van der Waals surface area contributed by atoms with Crippen LogP contribution in [0.2, 0.25) is 0 Å². The van der Waals surface area contributed by atoms with Gasteiger partial charge in [-0.2, -0.15) is 5.26 Å². The van der Waals surface area contributed by atoms with E-state index >= 15 is 0 Å². The quantitative estimate of drug-likeness (QED) is 0.417. The second-order valence-corrected chi connectivity index (χ2v) is 6.71. The molecular formula is C23H16N2O4. The first kappa shape index (κ1) is 18.3. The van der Waals surface area contributed by atoms with Crippen LogP contribution in [0.25, 0.3) is 5.76 Å². The lowest BCUT2D eigenvalue weighted by Crippen LogP contribution is -2.29. The number of aryl methyl sites for hydroxylation is 1. The van der Waals surface area contributed by atoms with Crippen LogP contribution in [-0.2, 0) is 9.59 Å². The maximum atomic E-state index is 12.9. The zero-order valence-corrected chi connectivity index (χ0v) is 15.5. The standard InChI is InChI=1S/C23H16N2O4/c1-14-4-8-16(9-5-14)21(26)19-20(18-3-2-12-29-18)25(23(28)22(19)27)17-10-6-15(13-24)7-11-17/h2-12,20,26H,1H3/b21-19-. The fourth-order valence-corrected chi connectivity index (χ4v) is 3.38. The van der Waals surface area contributed by atoms with Crippen LogP contribution in [-0.4, -0.2) is 16.8 Å². The third kappa shape index (κ3) is 3.09. The van der Waals surface area contributed by atoms with Gasteiger partial charge < -0.3 is 9.52 Å². The number of anilines is 1. The Bertz CT molecular complexity index is 1150. The zero-order chi connectivity index (χ0) is 20.5. The van der Waals surface area contributed by atoms with Gasteiger partial charge in [-0.15, -0.1) is 0 Å². The van der Waals surface area contributed by atoms with Gasteiger partial charge in [0.1, 0.15) is 17.6 Å². The van der Waals surface area contributed by atoms with Crippen molar-refractivity contribution in [3.05, 3.63) is 95.0 Å². The molecule has 0 aliphatic carbocycles. The topological polar surface area (TPSA) is 94.5 Å². The number of nitriles is 1. The number of rotatable bonds is 3. The molecular weight excluding hydrogens is 368 g/mol. The molecule has 6 heteroatoms. The van der Waals surface area contributed by atoms with Gasteiger partial charge in [-0.05, 0) is 43.3 Å². The number of ketones is 1. The number of nitrogens with zero attached hydrogens (tertiary/aromatic N) is 2. The van der Waals surface area contributed by atoms with Gasteiger partial charge in [0.25, 0.3) is 11.7 Å². The average Bonchev–Trinajstić information content (AvgIpc) is 3.35. The largest absolute Gasteiger partial charge is 0.507 e. The summed E-state index contributed by atoms with van der Waals surface area (Å²) in [5.41, 5.74) is 2.25. The Kier molecular flexibility index (Phi) is 4.49. The molecule has 1 fully saturated rings. The monoisotopic (exact) mass is 384 g/mol. The lowest BCUT2D eigenvalue weighted by molar-refractivity contribution is -0.132. The van der Waals surface area contributed by atoms with E-state index in [0.29, 0.717) is 22.6 Å². The first-order chi connectivity index (χ1) is 14.0. The van der Waals surface area contributed by atoms with Crippen molar-refractivity contribution in [2.75, 3.05) is 4.90 Å². The first-order valence-electron chi connectivity index (χ1n) is 8.93. The third-order valence-electron chi connectivity index (χ3n) is 4.86. The second kappa shape index (κ2) is 7.13. The molecule has 1 unspecified atom stereocenters. The number of benzene rings is 2. The van der Waals surface area contributed by atoms with Crippen molar-refractivity contribution in [3.8, 4) is 6.07 Å². The molecule has 29 heavy (non-hydrogen) atoms. The Labute approximate surface area is 166 Å². The predicted octanol–water partition coefficient (Wildman–Crippen LogP) is 4.09. The molecule has 1 aliphatic rings. The normalized spacial score (nSPS) is 18.1. The first-order valence-corrected chi connectivity index (χ1v) is 8.93. The fraction of sp³-hybridized carbons (Fsp3) is 0.0870. The summed E-state index contributed by atoms with van der Waals surface area (Å²) in [7, 11) is 0. The van der Waals surface area contributed by atoms with Crippen molar-refractivity contribution in [2.24, 2.45) is 0 Å². The minimum absolute atomic E-state index is 0.0434. The summed E-state index contributed by atoms with van der Waals surface area (Å²) >= 11 is 0. The lowest BCUT2D eigenvalue weighted by Gasteiger charge is -2.23. The molecule has 6 nitrogen and oxygen atoms in total. The summed E-state index contributed by atoms with van der Waals surface area (Å²) in [6.07, 6.45) is 1.44. The molecule has 3 aromatic rings. The van der Waals surface area contributed by atoms with Crippen molar-refractivity contribution in [3.63, 3.8) is 0 Å². The van der Waals surface area contributed by atoms with Gasteiger partial charge in [0.15, 0.2) is 0 Å². The van der Waals surface area contributed by atoms with E-state index in [9.17, 15) is 14.7 Å². The van der Waals surface area contributed by atoms with E-state index in [1.54, 1.807) is 48.5 Å². The van der Waals surface area contributed by atoms with Crippen LogP contribution in [0.3, 0.4) is 0 Å². The molecule has 4 rings (SSSR count). The highest BCUT2D eigenvalue weighted by Crippen LogP contribution is 2.42. The summed E-state index contributed by atoms with van der Waals surface area (Å²) in [6, 6.07) is 17.7. The van der Waals surface area contributed by atoms with E-state index < -0.39 is 17.7 Å². The van der Waals surface area contributed by atoms with Crippen LogP contribution in [0, 0.1) is 18.3 Å². The van der Waals surface area contributed by atoms with Gasteiger partial charge >= 0.3 is 0 Å². The van der Waals surface area contributed by atoms with Gasteiger partial charge in [-0.1, -0.05) is 29.8 Å². The summed E-state index contributed by atoms with van der Waals surface area (Å²) in [6.45, 7) is 1.91. The summed E-state index contributed by atoms with van der Waals surface area (Å²) < 4.78 is 5.50. The zero-order valence-electron chi connectivity index (χ0n) is 15.5. The number of hydrogen-bond donors (Lipinski definition) is 1. The minimum atomic E-state index is -0.917. The number of carbonyl (C=O) groups excluding carboxylic acids is 2. The van der Waals surface area contributed by atoms with E-state index in [0.717, 1.165) is 5.56 Å². The van der Waals surface area contributed by atoms with Crippen molar-refractivity contribution in [1.29, 1.82) is 5.26 Å². The van der Waals surface area contributed by atoms with E-state index in [-0.39, 0.29) is 11.3 Å². The van der Waals surface area contributed by atoms with Crippen LogP contribution in [0.4, 0.5) is 5.69 Å². The Morgan fingerprint density at radius 2 is 1.76 bits per heavy atom. The SMILES string of the molecule is Cc1ccc(/C(O)=C2/C(=O)C(=O)N(c3ccc(C#N)cc3)C2c2ccco2)cc1. The van der Waals surface area contributed by atoms with Gasteiger partial charge in [-0.25, -0.2) is 0 Å². The van der Waals surface area contributed by atoms with Crippen molar-refractivity contribution in [2.45, 2.75) is 13.0 Å². The van der Waals surface area contributed by atoms with Crippen LogP contribution in [0.15, 0.2) is 76.9 Å². The number of furan rings is 1. The fourth-order valence-electron chi connectivity index (χ4n) is 3.38. The number of Topliss-reactive ketones (excluding diaryl/α,β-unsaturated/α-hetero) is 1. The van der Waals surface area contributed by atoms with Crippen LogP contribution in [0.5, 0.6) is 0 Å². The molecule has 1 N–H and O–H groups in total. The number of amides is 1. The maximum absolute atomic E-state index is 12.9. The highest BCUT2D eigenvalue weighted by molar-refractivity contribution is 6.51. The highest BCUT2D eigenvalue weighted by Gasteiger charge is 2.48. The number of carbonyl (C=O) groups is 2. The molecule has 1 aliphatic heterocycles. The van der Waals surface area contributed by atoms with Crippen molar-refractivity contribution < 1.29 is 19.1 Å². The Hall–Kier alpha value is -4.11. The number of aliphatic hydroxyl groups excluding tert-OH is 1. The lowest BCUT2D eigenvalue weighted by atomic mass is 9.98. The molecule has 1 aromatic heterocycles. The minimum Gasteiger partial charge on any atom is -0.507 e. The Morgan fingerprint density at radius 1 is 1.07 bits per heavy atom. The van der Waals surface area contributed by atoms with E-state index in [4.69, 9.17) is 9.68 Å². The summed E-state index contributed by atoms with van der Waals surface area (Å²) in [5.74, 6) is -1.48. The molecule has 0 bridgehead atoms. The molecule has 2 heterocycles.